The molecule has 0 aromatic carbocycles. The van der Waals surface area contributed by atoms with Crippen LogP contribution in [0.1, 0.15) is 0 Å². The molecule has 0 aromatic heterocycles. The molecule has 0 saturated carbocycles. The largest absolute Gasteiger partial charge is 0.378 e. The molecule has 3 N–H and O–H groups in total. The molecule has 1 aliphatic rings. The SMILES string of the molecule is CNC(=O)CN=C(N)N1CCOCC1.I. The first kappa shape index (κ1) is 14.4. The van der Waals surface area contributed by atoms with Crippen molar-refractivity contribution in [3.05, 3.63) is 0 Å². The average molecular weight is 328 g/mol. The summed E-state index contributed by atoms with van der Waals surface area (Å²) in [5.74, 6) is 0.276. The number of nitrogens with one attached hydrogen (secondary N) is 1. The first-order valence-electron chi connectivity index (χ1n) is 4.57. The number of ether oxygens (including phenoxy) is 1. The second-order valence-electron chi connectivity index (χ2n) is 2.95. The zero-order valence-corrected chi connectivity index (χ0v) is 11.1. The zero-order chi connectivity index (χ0) is 10.4. The van der Waals surface area contributed by atoms with Gasteiger partial charge in [0, 0.05) is 20.1 Å². The van der Waals surface area contributed by atoms with E-state index in [1.807, 2.05) is 4.90 Å². The minimum atomic E-state index is -0.138. The van der Waals surface area contributed by atoms with Gasteiger partial charge >= 0.3 is 0 Å². The average Bonchev–Trinajstić information content (AvgIpc) is 2.26. The van der Waals surface area contributed by atoms with Crippen LogP contribution in [0.15, 0.2) is 4.99 Å². The van der Waals surface area contributed by atoms with Crippen LogP contribution in [0.3, 0.4) is 0 Å². The second kappa shape index (κ2) is 7.69. The second-order valence-corrected chi connectivity index (χ2v) is 2.95. The van der Waals surface area contributed by atoms with Gasteiger partial charge in [-0.2, -0.15) is 0 Å². The van der Waals surface area contributed by atoms with E-state index in [2.05, 4.69) is 10.3 Å². The maximum absolute atomic E-state index is 10.9. The van der Waals surface area contributed by atoms with Crippen LogP contribution in [0.25, 0.3) is 0 Å². The molecule has 1 fully saturated rings. The van der Waals surface area contributed by atoms with Crippen molar-refractivity contribution in [1.29, 1.82) is 0 Å². The minimum Gasteiger partial charge on any atom is -0.378 e. The molecule has 88 valence electrons. The lowest BCUT2D eigenvalue weighted by Gasteiger charge is -2.27. The topological polar surface area (TPSA) is 80.0 Å². The number of likely N-dealkylation sites (N-methyl/N-ethyl adjacent to an activating group) is 1. The molecule has 7 heteroatoms. The van der Waals surface area contributed by atoms with E-state index < -0.39 is 0 Å². The number of carbonyl (C=O) groups is 1. The molecular weight excluding hydrogens is 311 g/mol. The van der Waals surface area contributed by atoms with Crippen LogP contribution in [0, 0.1) is 0 Å². The van der Waals surface area contributed by atoms with Crippen molar-refractivity contribution in [1.82, 2.24) is 10.2 Å². The third kappa shape index (κ3) is 5.17. The van der Waals surface area contributed by atoms with E-state index in [-0.39, 0.29) is 36.4 Å². The summed E-state index contributed by atoms with van der Waals surface area (Å²) in [5, 5.41) is 2.48. The Kier molecular flexibility index (Phi) is 7.39. The summed E-state index contributed by atoms with van der Waals surface area (Å²) in [6.45, 7) is 2.89. The molecule has 1 aliphatic heterocycles. The minimum absolute atomic E-state index is 0. The summed E-state index contributed by atoms with van der Waals surface area (Å²) in [7, 11) is 1.57. The van der Waals surface area contributed by atoms with Gasteiger partial charge in [-0.15, -0.1) is 24.0 Å². The molecule has 1 rings (SSSR count). The lowest BCUT2D eigenvalue weighted by atomic mass is 10.4. The zero-order valence-electron chi connectivity index (χ0n) is 8.73. The van der Waals surface area contributed by atoms with Crippen LogP contribution in [-0.4, -0.2) is 56.7 Å². The van der Waals surface area contributed by atoms with Crippen LogP contribution >= 0.6 is 24.0 Å². The molecule has 1 heterocycles. The van der Waals surface area contributed by atoms with E-state index in [0.29, 0.717) is 19.2 Å². The lowest BCUT2D eigenvalue weighted by molar-refractivity contribution is -0.119. The van der Waals surface area contributed by atoms with Gasteiger partial charge in [-0.05, 0) is 0 Å². The molecule has 15 heavy (non-hydrogen) atoms. The number of morpholine rings is 1. The Labute approximate surface area is 106 Å². The molecule has 0 radical (unpaired) electrons. The number of amides is 1. The van der Waals surface area contributed by atoms with Crippen LogP contribution in [-0.2, 0) is 9.53 Å². The highest BCUT2D eigenvalue weighted by Crippen LogP contribution is 1.95. The standard InChI is InChI=1S/C8H16N4O2.HI/c1-10-7(13)6-11-8(9)12-2-4-14-5-3-12;/h2-6H2,1H3,(H2,9,11)(H,10,13);1H. The third-order valence-corrected chi connectivity index (χ3v) is 2.00. The van der Waals surface area contributed by atoms with Gasteiger partial charge in [-0.1, -0.05) is 0 Å². The number of guanidine groups is 1. The van der Waals surface area contributed by atoms with E-state index in [9.17, 15) is 4.79 Å². The fraction of sp³-hybridized carbons (Fsp3) is 0.750. The molecule has 0 unspecified atom stereocenters. The van der Waals surface area contributed by atoms with Crippen LogP contribution in [0.4, 0.5) is 0 Å². The van der Waals surface area contributed by atoms with Crippen molar-refractivity contribution in [3.63, 3.8) is 0 Å². The van der Waals surface area contributed by atoms with Crippen molar-refractivity contribution < 1.29 is 9.53 Å². The van der Waals surface area contributed by atoms with Crippen LogP contribution < -0.4 is 11.1 Å². The Morgan fingerprint density at radius 1 is 1.53 bits per heavy atom. The Morgan fingerprint density at radius 3 is 2.67 bits per heavy atom. The van der Waals surface area contributed by atoms with Gasteiger partial charge < -0.3 is 20.7 Å². The number of nitrogens with two attached hydrogens (primary N) is 1. The molecule has 6 nitrogen and oxygen atoms in total. The molecule has 0 spiro atoms. The number of halogens is 1. The summed E-state index contributed by atoms with van der Waals surface area (Å²) in [5.41, 5.74) is 5.69. The Hall–Kier alpha value is -0.570. The van der Waals surface area contributed by atoms with Gasteiger partial charge in [0.1, 0.15) is 6.54 Å². The van der Waals surface area contributed by atoms with Crippen LogP contribution in [0.5, 0.6) is 0 Å². The van der Waals surface area contributed by atoms with E-state index in [1.54, 1.807) is 7.05 Å². The summed E-state index contributed by atoms with van der Waals surface area (Å²) in [6.07, 6.45) is 0. The van der Waals surface area contributed by atoms with Crippen LogP contribution in [0.2, 0.25) is 0 Å². The van der Waals surface area contributed by atoms with E-state index >= 15 is 0 Å². The number of rotatable bonds is 2. The molecule has 0 aromatic rings. The number of nitrogens with zero attached hydrogens (tertiary/aromatic N) is 2. The highest BCUT2D eigenvalue weighted by atomic mass is 127. The lowest BCUT2D eigenvalue weighted by Crippen LogP contribution is -2.45. The van der Waals surface area contributed by atoms with Gasteiger partial charge in [-0.25, -0.2) is 4.99 Å². The van der Waals surface area contributed by atoms with Crippen molar-refractivity contribution in [2.45, 2.75) is 0 Å². The Balaban J connectivity index is 0.00000196. The third-order valence-electron chi connectivity index (χ3n) is 2.00. The van der Waals surface area contributed by atoms with E-state index in [0.717, 1.165) is 13.1 Å². The van der Waals surface area contributed by atoms with Gasteiger partial charge in [0.2, 0.25) is 5.91 Å². The summed E-state index contributed by atoms with van der Waals surface area (Å²) >= 11 is 0. The predicted molar refractivity (Wildman–Crippen MR) is 68.4 cm³/mol. The van der Waals surface area contributed by atoms with E-state index in [1.165, 1.54) is 0 Å². The Bertz CT molecular complexity index is 229. The number of hydrogen-bond acceptors (Lipinski definition) is 3. The first-order chi connectivity index (χ1) is 6.74. The maximum atomic E-state index is 10.9. The van der Waals surface area contributed by atoms with Crippen molar-refractivity contribution in [2.75, 3.05) is 39.9 Å². The molecule has 1 amide bonds. The summed E-state index contributed by atoms with van der Waals surface area (Å²) in [6, 6.07) is 0. The monoisotopic (exact) mass is 328 g/mol. The number of hydrogen-bond donors (Lipinski definition) is 2. The molecule has 0 atom stereocenters. The fourth-order valence-electron chi connectivity index (χ4n) is 1.12. The Morgan fingerprint density at radius 2 is 2.13 bits per heavy atom. The molecule has 0 aliphatic carbocycles. The fourth-order valence-corrected chi connectivity index (χ4v) is 1.12. The summed E-state index contributed by atoms with van der Waals surface area (Å²) in [4.78, 5) is 16.8. The number of carbonyl (C=O) groups excluding carboxylic acids is 1. The highest BCUT2D eigenvalue weighted by molar-refractivity contribution is 14.0. The van der Waals surface area contributed by atoms with Gasteiger partial charge in [0.15, 0.2) is 5.96 Å². The highest BCUT2D eigenvalue weighted by Gasteiger charge is 2.12. The van der Waals surface area contributed by atoms with Gasteiger partial charge in [0.05, 0.1) is 13.2 Å². The predicted octanol–water partition coefficient (Wildman–Crippen LogP) is -1.00. The van der Waals surface area contributed by atoms with Crippen molar-refractivity contribution in [2.24, 2.45) is 10.7 Å². The van der Waals surface area contributed by atoms with Gasteiger partial charge in [-0.3, -0.25) is 4.79 Å². The smallest absolute Gasteiger partial charge is 0.241 e. The van der Waals surface area contributed by atoms with E-state index in [4.69, 9.17) is 10.5 Å². The molecule has 1 saturated heterocycles. The number of aliphatic imine (C=N–C) groups is 1. The van der Waals surface area contributed by atoms with Crippen molar-refractivity contribution in [3.8, 4) is 0 Å². The molecule has 0 bridgehead atoms. The summed E-state index contributed by atoms with van der Waals surface area (Å²) < 4.78 is 5.17. The molecular formula is C8H17IN4O2. The normalized spacial score (nSPS) is 16.9. The quantitative estimate of drug-likeness (QED) is 0.387. The first-order valence-corrected chi connectivity index (χ1v) is 4.57. The maximum Gasteiger partial charge on any atom is 0.241 e. The van der Waals surface area contributed by atoms with Crippen molar-refractivity contribution >= 4 is 35.8 Å². The van der Waals surface area contributed by atoms with Gasteiger partial charge in [0.25, 0.3) is 0 Å².